The summed E-state index contributed by atoms with van der Waals surface area (Å²) in [5.74, 6) is -1.23. The fourth-order valence-electron chi connectivity index (χ4n) is 3.08. The zero-order chi connectivity index (χ0) is 24.8. The van der Waals surface area contributed by atoms with Crippen LogP contribution >= 0.6 is 11.8 Å². The van der Waals surface area contributed by atoms with E-state index >= 15 is 0 Å². The first-order valence-corrected chi connectivity index (χ1v) is 11.3. The van der Waals surface area contributed by atoms with Crippen molar-refractivity contribution in [3.8, 4) is 5.82 Å². The second-order valence-corrected chi connectivity index (χ2v) is 7.88. The average molecular weight is 493 g/mol. The number of nitrogens with two attached hydrogens (primary N) is 2. The minimum Gasteiger partial charge on any atom is -0.379 e. The van der Waals surface area contributed by atoms with Crippen LogP contribution in [0.15, 0.2) is 63.2 Å². The highest BCUT2D eigenvalue weighted by Gasteiger charge is 2.24. The number of aromatic nitrogens is 5. The van der Waals surface area contributed by atoms with E-state index in [0.29, 0.717) is 5.69 Å². The summed E-state index contributed by atoms with van der Waals surface area (Å²) in [4.78, 5) is 25.7. The van der Waals surface area contributed by atoms with Gasteiger partial charge in [-0.3, -0.25) is 9.59 Å². The second kappa shape index (κ2) is 10.5. The zero-order valence-corrected chi connectivity index (χ0v) is 19.2. The molecule has 2 aromatic heterocycles. The Morgan fingerprint density at radius 2 is 1.94 bits per heavy atom. The molecule has 4 aromatic rings. The van der Waals surface area contributed by atoms with E-state index in [1.54, 1.807) is 36.0 Å². The molecule has 35 heavy (non-hydrogen) atoms. The maximum Gasteiger partial charge on any atom is 0.293 e. The summed E-state index contributed by atoms with van der Waals surface area (Å²) in [7, 11) is 0. The van der Waals surface area contributed by atoms with Crippen LogP contribution in [0.2, 0.25) is 0 Å². The summed E-state index contributed by atoms with van der Waals surface area (Å²) >= 11 is 1.62. The fraction of sp³-hybridized carbons (Fsp3) is 0.0952. The highest BCUT2D eigenvalue weighted by molar-refractivity contribution is 7.98. The summed E-state index contributed by atoms with van der Waals surface area (Å²) in [5, 5.41) is 22.3. The molecule has 2 aromatic carbocycles. The molecule has 0 aliphatic carbocycles. The second-order valence-electron chi connectivity index (χ2n) is 7.01. The van der Waals surface area contributed by atoms with Crippen LogP contribution in [-0.4, -0.2) is 49.6 Å². The van der Waals surface area contributed by atoms with E-state index in [1.807, 2.05) is 30.5 Å². The summed E-state index contributed by atoms with van der Waals surface area (Å²) in [6.07, 6.45) is 3.49. The molecule has 6 N–H and O–H groups in total. The maximum atomic E-state index is 12.9. The maximum absolute atomic E-state index is 12.9. The van der Waals surface area contributed by atoms with Gasteiger partial charge in [-0.25, -0.2) is 10.1 Å². The largest absolute Gasteiger partial charge is 0.379 e. The van der Waals surface area contributed by atoms with Crippen molar-refractivity contribution in [2.24, 2.45) is 10.8 Å². The Bertz CT molecular complexity index is 1380. The number of nitrogens with one attached hydrogen (secondary N) is 2. The molecule has 0 saturated heterocycles. The molecular weight excluding hydrogens is 472 g/mol. The van der Waals surface area contributed by atoms with Crippen molar-refractivity contribution < 1.29 is 14.2 Å². The van der Waals surface area contributed by atoms with Crippen molar-refractivity contribution in [2.75, 3.05) is 17.3 Å². The number of nitrogen functional groups attached to an aromatic ring is 1. The van der Waals surface area contributed by atoms with E-state index in [2.05, 4.69) is 41.1 Å². The van der Waals surface area contributed by atoms with Crippen LogP contribution in [0.5, 0.6) is 0 Å². The number of benzene rings is 2. The first-order chi connectivity index (χ1) is 17.0. The Balaban J connectivity index is 1.58. The lowest BCUT2D eigenvalue weighted by Crippen LogP contribution is -2.22. The lowest BCUT2D eigenvalue weighted by Gasteiger charge is -2.11. The highest BCUT2D eigenvalue weighted by Crippen LogP contribution is 2.20. The van der Waals surface area contributed by atoms with Gasteiger partial charge in [0, 0.05) is 10.6 Å². The van der Waals surface area contributed by atoms with E-state index in [-0.39, 0.29) is 35.1 Å². The molecule has 0 radical (unpaired) electrons. The third-order valence-corrected chi connectivity index (χ3v) is 5.55. The molecule has 14 heteroatoms. The normalized spacial score (nSPS) is 11.0. The summed E-state index contributed by atoms with van der Waals surface area (Å²) < 4.78 is 5.86. The number of para-hydroxylation sites is 1. The Kier molecular flexibility index (Phi) is 7.02. The quantitative estimate of drug-likeness (QED) is 0.151. The lowest BCUT2D eigenvalue weighted by molar-refractivity contribution is 0.0947. The number of hydrogen-bond donors (Lipinski definition) is 4. The van der Waals surface area contributed by atoms with Crippen LogP contribution in [0, 0.1) is 0 Å². The molecule has 0 atom stereocenters. The molecule has 0 bridgehead atoms. The topological polar surface area (TPSA) is 192 Å². The van der Waals surface area contributed by atoms with E-state index in [9.17, 15) is 9.59 Å². The number of primary amides is 1. The van der Waals surface area contributed by atoms with Gasteiger partial charge in [0.25, 0.3) is 11.8 Å². The number of rotatable bonds is 9. The van der Waals surface area contributed by atoms with E-state index in [4.69, 9.17) is 11.5 Å². The summed E-state index contributed by atoms with van der Waals surface area (Å²) in [6.45, 7) is 0.00616. The van der Waals surface area contributed by atoms with Crippen LogP contribution in [0.25, 0.3) is 5.82 Å². The minimum atomic E-state index is -0.622. The Morgan fingerprint density at radius 3 is 2.63 bits per heavy atom. The van der Waals surface area contributed by atoms with Crippen molar-refractivity contribution in [2.45, 2.75) is 11.4 Å². The average Bonchev–Trinajstić information content (AvgIpc) is 3.48. The monoisotopic (exact) mass is 492 g/mol. The van der Waals surface area contributed by atoms with Gasteiger partial charge in [0.05, 0.1) is 24.0 Å². The predicted octanol–water partition coefficient (Wildman–Crippen LogP) is 1.43. The number of anilines is 2. The molecule has 13 nitrogen and oxygen atoms in total. The van der Waals surface area contributed by atoms with Crippen LogP contribution in [-0.2, 0) is 6.54 Å². The Labute approximate surface area is 202 Å². The van der Waals surface area contributed by atoms with E-state index in [0.717, 1.165) is 10.5 Å². The van der Waals surface area contributed by atoms with Crippen LogP contribution in [0.3, 0.4) is 0 Å². The molecule has 2 heterocycles. The molecule has 178 valence electrons. The van der Waals surface area contributed by atoms with Crippen molar-refractivity contribution in [1.29, 1.82) is 0 Å². The molecule has 0 saturated carbocycles. The third-order valence-electron chi connectivity index (χ3n) is 4.81. The van der Waals surface area contributed by atoms with Crippen molar-refractivity contribution in [1.82, 2.24) is 30.7 Å². The number of carbonyl (C=O) groups is 2. The number of hydrazone groups is 1. The van der Waals surface area contributed by atoms with Gasteiger partial charge in [0.15, 0.2) is 5.69 Å². The van der Waals surface area contributed by atoms with Crippen molar-refractivity contribution in [3.05, 3.63) is 71.0 Å². The van der Waals surface area contributed by atoms with Crippen molar-refractivity contribution in [3.63, 3.8) is 0 Å². The standard InChI is InChI=1S/C21H20N10O3S/c1-35-13-8-6-12(7-9-13)10-25-27-21(33)17-16(31(30-26-17)20-18(22)28-34-29-20)11-24-15-5-3-2-4-14(15)19(23)32/h2-10,24H,11H2,1H3,(H2,22,28)(H2,23,32)(H,27,33)/b25-10-. The van der Waals surface area contributed by atoms with Gasteiger partial charge in [-0.15, -0.1) is 16.9 Å². The van der Waals surface area contributed by atoms with Gasteiger partial charge in [-0.1, -0.05) is 29.5 Å². The molecule has 0 spiro atoms. The van der Waals surface area contributed by atoms with Crippen LogP contribution < -0.4 is 22.2 Å². The predicted molar refractivity (Wildman–Crippen MR) is 129 cm³/mol. The Hall–Kier alpha value is -4.72. The van der Waals surface area contributed by atoms with Gasteiger partial charge in [0.2, 0.25) is 11.6 Å². The van der Waals surface area contributed by atoms with Crippen LogP contribution in [0.4, 0.5) is 11.5 Å². The molecule has 0 aliphatic heterocycles. The van der Waals surface area contributed by atoms with Gasteiger partial charge in [-0.05, 0) is 46.4 Å². The number of nitrogens with zero attached hydrogens (tertiary/aromatic N) is 6. The summed E-state index contributed by atoms with van der Waals surface area (Å²) in [5.41, 5.74) is 15.4. The highest BCUT2D eigenvalue weighted by atomic mass is 32.2. The molecular formula is C21H20N10O3S. The van der Waals surface area contributed by atoms with Gasteiger partial charge in [-0.2, -0.15) is 9.78 Å². The minimum absolute atomic E-state index is 0.00616. The number of carbonyl (C=O) groups excluding carboxylic acids is 2. The first-order valence-electron chi connectivity index (χ1n) is 10.1. The smallest absolute Gasteiger partial charge is 0.293 e. The molecule has 4 rings (SSSR count). The van der Waals surface area contributed by atoms with E-state index in [1.165, 1.54) is 10.9 Å². The fourth-order valence-corrected chi connectivity index (χ4v) is 3.49. The molecule has 0 unspecified atom stereocenters. The molecule has 2 amide bonds. The third kappa shape index (κ3) is 5.27. The number of amides is 2. The van der Waals surface area contributed by atoms with Gasteiger partial charge < -0.3 is 16.8 Å². The summed E-state index contributed by atoms with van der Waals surface area (Å²) in [6, 6.07) is 14.3. The number of thioether (sulfide) groups is 1. The first kappa shape index (κ1) is 23.4. The zero-order valence-electron chi connectivity index (χ0n) is 18.4. The van der Waals surface area contributed by atoms with Gasteiger partial charge >= 0.3 is 0 Å². The number of hydrogen-bond acceptors (Lipinski definition) is 11. The molecule has 0 fully saturated rings. The SMILES string of the molecule is CSc1ccc(/C=N\NC(=O)c2nnn(-c3nonc3N)c2CNc2ccccc2C(N)=O)cc1. The van der Waals surface area contributed by atoms with Crippen LogP contribution in [0.1, 0.15) is 32.1 Å². The van der Waals surface area contributed by atoms with E-state index < -0.39 is 11.8 Å². The van der Waals surface area contributed by atoms with Gasteiger partial charge in [0.1, 0.15) is 0 Å². The Morgan fingerprint density at radius 1 is 1.17 bits per heavy atom. The lowest BCUT2D eigenvalue weighted by atomic mass is 10.1. The van der Waals surface area contributed by atoms with Crippen molar-refractivity contribution >= 4 is 41.3 Å². The molecule has 0 aliphatic rings.